The minimum atomic E-state index is -0.438. The van der Waals surface area contributed by atoms with Crippen molar-refractivity contribution in [2.24, 2.45) is 5.10 Å². The minimum absolute atomic E-state index is 0.0397. The lowest BCUT2D eigenvalue weighted by Crippen LogP contribution is -2.09. The van der Waals surface area contributed by atoms with Crippen LogP contribution >= 0.6 is 11.8 Å². The van der Waals surface area contributed by atoms with Crippen LogP contribution in [-0.2, 0) is 0 Å². The third-order valence-corrected chi connectivity index (χ3v) is 3.44. The molecule has 1 heterocycles. The molecule has 0 saturated heterocycles. The monoisotopic (exact) mass is 332 g/mol. The normalized spacial score (nSPS) is 11.3. The number of nitro benzene ring substituents is 1. The lowest BCUT2D eigenvalue weighted by Gasteiger charge is -2.06. The van der Waals surface area contributed by atoms with Crippen molar-refractivity contribution in [1.82, 2.24) is 15.2 Å². The van der Waals surface area contributed by atoms with E-state index in [1.165, 1.54) is 23.9 Å². The molecule has 0 aliphatic heterocycles. The molecule has 0 aliphatic carbocycles. The second-order valence-corrected chi connectivity index (χ2v) is 5.33. The number of thioether (sulfide) groups is 1. The molecule has 2 aromatic rings. The first-order chi connectivity index (χ1) is 11.1. The maximum Gasteiger partial charge on any atom is 0.269 e. The average molecular weight is 332 g/mol. The molecular weight excluding hydrogens is 316 g/mol. The SMILES string of the molecule is CCCC(=NNc1ccc([N+](=O)[O-])cc1)c1cnnc(SC)n1. The summed E-state index contributed by atoms with van der Waals surface area (Å²) in [5.74, 6) is 0. The van der Waals surface area contributed by atoms with Crippen LogP contribution in [0.25, 0.3) is 0 Å². The Kier molecular flexibility index (Phi) is 5.98. The van der Waals surface area contributed by atoms with Gasteiger partial charge in [0.2, 0.25) is 5.16 Å². The van der Waals surface area contributed by atoms with Crippen LogP contribution in [0.4, 0.5) is 11.4 Å². The molecule has 120 valence electrons. The molecule has 0 saturated carbocycles. The van der Waals surface area contributed by atoms with E-state index in [9.17, 15) is 10.1 Å². The zero-order valence-electron chi connectivity index (χ0n) is 12.8. The zero-order valence-corrected chi connectivity index (χ0v) is 13.6. The van der Waals surface area contributed by atoms with Crippen molar-refractivity contribution < 1.29 is 4.92 Å². The Morgan fingerprint density at radius 3 is 2.74 bits per heavy atom. The van der Waals surface area contributed by atoms with Crippen LogP contribution in [0.2, 0.25) is 0 Å². The van der Waals surface area contributed by atoms with Crippen LogP contribution in [0, 0.1) is 10.1 Å². The topological polar surface area (TPSA) is 106 Å². The van der Waals surface area contributed by atoms with Crippen molar-refractivity contribution in [3.63, 3.8) is 0 Å². The quantitative estimate of drug-likeness (QED) is 0.359. The van der Waals surface area contributed by atoms with Crippen molar-refractivity contribution in [1.29, 1.82) is 0 Å². The number of aromatic nitrogens is 3. The van der Waals surface area contributed by atoms with E-state index in [1.54, 1.807) is 18.3 Å². The predicted octanol–water partition coefficient (Wildman–Crippen LogP) is 3.12. The molecule has 9 heteroatoms. The van der Waals surface area contributed by atoms with E-state index in [4.69, 9.17) is 0 Å². The highest BCUT2D eigenvalue weighted by molar-refractivity contribution is 7.98. The number of anilines is 1. The summed E-state index contributed by atoms with van der Waals surface area (Å²) < 4.78 is 0. The highest BCUT2D eigenvalue weighted by Gasteiger charge is 2.08. The largest absolute Gasteiger partial charge is 0.278 e. The third-order valence-electron chi connectivity index (χ3n) is 2.90. The van der Waals surface area contributed by atoms with Gasteiger partial charge in [-0.25, -0.2) is 4.98 Å². The second-order valence-electron chi connectivity index (χ2n) is 4.55. The highest BCUT2D eigenvalue weighted by Crippen LogP contribution is 2.16. The summed E-state index contributed by atoms with van der Waals surface area (Å²) in [6.45, 7) is 2.05. The molecule has 0 amide bonds. The molecule has 1 aromatic heterocycles. The minimum Gasteiger partial charge on any atom is -0.278 e. The number of hydrogen-bond acceptors (Lipinski definition) is 8. The van der Waals surface area contributed by atoms with Crippen LogP contribution in [-0.4, -0.2) is 32.1 Å². The van der Waals surface area contributed by atoms with Gasteiger partial charge in [-0.3, -0.25) is 15.5 Å². The summed E-state index contributed by atoms with van der Waals surface area (Å²) in [4.78, 5) is 14.6. The van der Waals surface area contributed by atoms with Gasteiger partial charge in [0, 0.05) is 12.1 Å². The van der Waals surface area contributed by atoms with Gasteiger partial charge in [0.25, 0.3) is 5.69 Å². The number of benzene rings is 1. The number of nitro groups is 1. The van der Waals surface area contributed by atoms with Gasteiger partial charge in [-0.15, -0.1) is 5.10 Å². The van der Waals surface area contributed by atoms with E-state index in [0.717, 1.165) is 18.6 Å². The molecular formula is C14H16N6O2S. The van der Waals surface area contributed by atoms with Crippen LogP contribution in [0.1, 0.15) is 25.5 Å². The number of hydrogen-bond donors (Lipinski definition) is 1. The van der Waals surface area contributed by atoms with Crippen LogP contribution < -0.4 is 5.43 Å². The molecule has 0 unspecified atom stereocenters. The fraction of sp³-hybridized carbons (Fsp3) is 0.286. The lowest BCUT2D eigenvalue weighted by molar-refractivity contribution is -0.384. The molecule has 1 aromatic carbocycles. The molecule has 0 atom stereocenters. The number of rotatable bonds is 7. The Hall–Kier alpha value is -2.55. The van der Waals surface area contributed by atoms with E-state index in [2.05, 4.69) is 25.7 Å². The van der Waals surface area contributed by atoms with Gasteiger partial charge < -0.3 is 0 Å². The van der Waals surface area contributed by atoms with Gasteiger partial charge in [-0.2, -0.15) is 10.2 Å². The molecule has 0 spiro atoms. The lowest BCUT2D eigenvalue weighted by atomic mass is 10.2. The van der Waals surface area contributed by atoms with Crippen molar-refractivity contribution in [2.75, 3.05) is 11.7 Å². The first kappa shape index (κ1) is 16.8. The van der Waals surface area contributed by atoms with Gasteiger partial charge in [0.1, 0.15) is 5.69 Å². The van der Waals surface area contributed by atoms with Gasteiger partial charge in [-0.1, -0.05) is 25.1 Å². The first-order valence-electron chi connectivity index (χ1n) is 6.95. The summed E-state index contributed by atoms with van der Waals surface area (Å²) in [5, 5.41) is 23.4. The average Bonchev–Trinajstić information content (AvgIpc) is 2.59. The Bertz CT molecular complexity index is 705. The molecule has 1 N–H and O–H groups in total. The van der Waals surface area contributed by atoms with Crippen molar-refractivity contribution in [3.8, 4) is 0 Å². The maximum atomic E-state index is 10.6. The van der Waals surface area contributed by atoms with Crippen LogP contribution in [0.15, 0.2) is 40.7 Å². The molecule has 0 bridgehead atoms. The van der Waals surface area contributed by atoms with E-state index in [0.29, 0.717) is 16.5 Å². The third kappa shape index (κ3) is 4.71. The summed E-state index contributed by atoms with van der Waals surface area (Å²) in [7, 11) is 0. The number of hydrazone groups is 1. The molecule has 0 aliphatic rings. The van der Waals surface area contributed by atoms with E-state index in [1.807, 2.05) is 13.2 Å². The zero-order chi connectivity index (χ0) is 16.7. The summed E-state index contributed by atoms with van der Waals surface area (Å²) >= 11 is 1.41. The predicted molar refractivity (Wildman–Crippen MR) is 89.8 cm³/mol. The summed E-state index contributed by atoms with van der Waals surface area (Å²) in [6, 6.07) is 6.07. The Balaban J connectivity index is 2.19. The fourth-order valence-electron chi connectivity index (χ4n) is 1.78. The van der Waals surface area contributed by atoms with E-state index in [-0.39, 0.29) is 5.69 Å². The molecule has 0 radical (unpaired) electrons. The van der Waals surface area contributed by atoms with Crippen LogP contribution in [0.3, 0.4) is 0 Å². The van der Waals surface area contributed by atoms with Crippen molar-refractivity contribution in [2.45, 2.75) is 24.9 Å². The van der Waals surface area contributed by atoms with Crippen molar-refractivity contribution in [3.05, 3.63) is 46.3 Å². The van der Waals surface area contributed by atoms with Crippen LogP contribution in [0.5, 0.6) is 0 Å². The van der Waals surface area contributed by atoms with Crippen molar-refractivity contribution >= 4 is 28.8 Å². The first-order valence-corrected chi connectivity index (χ1v) is 8.17. The highest BCUT2D eigenvalue weighted by atomic mass is 32.2. The number of nitrogens with zero attached hydrogens (tertiary/aromatic N) is 5. The number of non-ortho nitro benzene ring substituents is 1. The Labute approximate surface area is 137 Å². The standard InChI is InChI=1S/C14H16N6O2S/c1-3-4-12(13-9-15-19-14(16-13)23-2)18-17-10-5-7-11(8-6-10)20(21)22/h5-9,17H,3-4H2,1-2H3. The molecule has 8 nitrogen and oxygen atoms in total. The van der Waals surface area contributed by atoms with Gasteiger partial charge in [0.15, 0.2) is 0 Å². The fourth-order valence-corrected chi connectivity index (χ4v) is 2.10. The second kappa shape index (κ2) is 8.18. The molecule has 0 fully saturated rings. The smallest absolute Gasteiger partial charge is 0.269 e. The molecule has 23 heavy (non-hydrogen) atoms. The van der Waals surface area contributed by atoms with E-state index >= 15 is 0 Å². The summed E-state index contributed by atoms with van der Waals surface area (Å²) in [5.41, 5.74) is 5.03. The Morgan fingerprint density at radius 1 is 1.39 bits per heavy atom. The maximum absolute atomic E-state index is 10.6. The summed E-state index contributed by atoms with van der Waals surface area (Å²) in [6.07, 6.45) is 5.09. The van der Waals surface area contributed by atoms with E-state index < -0.39 is 4.92 Å². The Morgan fingerprint density at radius 2 is 2.13 bits per heavy atom. The van der Waals surface area contributed by atoms with Gasteiger partial charge >= 0.3 is 0 Å². The van der Waals surface area contributed by atoms with Gasteiger partial charge in [0.05, 0.1) is 22.5 Å². The molecule has 2 rings (SSSR count). The number of nitrogens with one attached hydrogen (secondary N) is 1. The van der Waals surface area contributed by atoms with Gasteiger partial charge in [-0.05, 0) is 24.8 Å².